The van der Waals surface area contributed by atoms with Crippen LogP contribution in [0, 0.1) is 13.8 Å². The Morgan fingerprint density at radius 1 is 0.906 bits per heavy atom. The fourth-order valence-corrected chi connectivity index (χ4v) is 2.73. The number of aryl methyl sites for hydroxylation is 1. The van der Waals surface area contributed by atoms with Gasteiger partial charge < -0.3 is 25.4 Å². The maximum absolute atomic E-state index is 12.2. The second-order valence-corrected chi connectivity index (χ2v) is 8.32. The van der Waals surface area contributed by atoms with Crippen LogP contribution in [0.1, 0.15) is 37.5 Å². The standard InChI is InChI=1S/C24H31N3O5/c1-16-9-8-12-20(17(16)2)31-15-22(29)25-13-18-10-6-7-11-19(18)27-21(28)14-26-23(30)32-24(3,4)5/h6-12H,13-15H2,1-5H3,(H,25,29)(H,26,30)(H,27,28). The van der Waals surface area contributed by atoms with Gasteiger partial charge in [-0.15, -0.1) is 0 Å². The Kier molecular flexibility index (Phi) is 8.63. The molecule has 0 spiro atoms. The molecule has 8 nitrogen and oxygen atoms in total. The van der Waals surface area contributed by atoms with Gasteiger partial charge in [0, 0.05) is 12.2 Å². The summed E-state index contributed by atoms with van der Waals surface area (Å²) in [4.78, 5) is 36.1. The number of hydrogen-bond donors (Lipinski definition) is 3. The van der Waals surface area contributed by atoms with Gasteiger partial charge in [-0.2, -0.15) is 0 Å². The van der Waals surface area contributed by atoms with Crippen LogP contribution in [0.3, 0.4) is 0 Å². The van der Waals surface area contributed by atoms with Crippen molar-refractivity contribution >= 4 is 23.6 Å². The normalized spacial score (nSPS) is 10.8. The van der Waals surface area contributed by atoms with Crippen molar-refractivity contribution in [1.29, 1.82) is 0 Å². The van der Waals surface area contributed by atoms with Crippen molar-refractivity contribution in [2.75, 3.05) is 18.5 Å². The molecule has 2 aromatic carbocycles. The summed E-state index contributed by atoms with van der Waals surface area (Å²) in [6, 6.07) is 12.8. The lowest BCUT2D eigenvalue weighted by atomic mass is 10.1. The molecule has 8 heteroatoms. The molecule has 0 saturated heterocycles. The highest BCUT2D eigenvalue weighted by Gasteiger charge is 2.17. The summed E-state index contributed by atoms with van der Waals surface area (Å²) in [6.07, 6.45) is -0.669. The fourth-order valence-electron chi connectivity index (χ4n) is 2.73. The van der Waals surface area contributed by atoms with Crippen molar-refractivity contribution in [2.24, 2.45) is 0 Å². The number of amides is 3. The van der Waals surface area contributed by atoms with Gasteiger partial charge in [0.1, 0.15) is 17.9 Å². The molecule has 3 N–H and O–H groups in total. The van der Waals surface area contributed by atoms with E-state index in [1.165, 1.54) is 0 Å². The minimum atomic E-state index is -0.669. The second kappa shape index (κ2) is 11.2. The molecule has 0 radical (unpaired) electrons. The molecular formula is C24H31N3O5. The number of carbonyl (C=O) groups is 3. The average molecular weight is 442 g/mol. The lowest BCUT2D eigenvalue weighted by molar-refractivity contribution is -0.123. The van der Waals surface area contributed by atoms with Crippen LogP contribution in [-0.2, 0) is 20.9 Å². The van der Waals surface area contributed by atoms with E-state index in [1.807, 2.05) is 38.1 Å². The molecule has 2 aromatic rings. The van der Waals surface area contributed by atoms with E-state index in [4.69, 9.17) is 9.47 Å². The van der Waals surface area contributed by atoms with Crippen LogP contribution in [0.15, 0.2) is 42.5 Å². The lowest BCUT2D eigenvalue weighted by Crippen LogP contribution is -2.37. The number of ether oxygens (including phenoxy) is 2. The highest BCUT2D eigenvalue weighted by molar-refractivity contribution is 5.94. The number of alkyl carbamates (subject to hydrolysis) is 1. The third-order valence-electron chi connectivity index (χ3n) is 4.47. The summed E-state index contributed by atoms with van der Waals surface area (Å²) >= 11 is 0. The number of carbonyl (C=O) groups excluding carboxylic acids is 3. The molecule has 0 fully saturated rings. The van der Waals surface area contributed by atoms with Gasteiger partial charge in [0.2, 0.25) is 5.91 Å². The number of hydrogen-bond acceptors (Lipinski definition) is 5. The zero-order chi connectivity index (χ0) is 23.7. The SMILES string of the molecule is Cc1cccc(OCC(=O)NCc2ccccc2NC(=O)CNC(=O)OC(C)(C)C)c1C. The summed E-state index contributed by atoms with van der Waals surface area (Å²) in [7, 11) is 0. The Morgan fingerprint density at radius 2 is 1.62 bits per heavy atom. The topological polar surface area (TPSA) is 106 Å². The summed E-state index contributed by atoms with van der Waals surface area (Å²) in [5.41, 5.74) is 2.70. The molecule has 0 aliphatic carbocycles. The largest absolute Gasteiger partial charge is 0.483 e. The van der Waals surface area contributed by atoms with Gasteiger partial charge in [-0.3, -0.25) is 9.59 Å². The maximum Gasteiger partial charge on any atom is 0.408 e. The van der Waals surface area contributed by atoms with E-state index in [0.29, 0.717) is 11.4 Å². The van der Waals surface area contributed by atoms with E-state index in [-0.39, 0.29) is 25.6 Å². The number of anilines is 1. The first-order valence-corrected chi connectivity index (χ1v) is 10.4. The van der Waals surface area contributed by atoms with E-state index in [9.17, 15) is 14.4 Å². The first kappa shape index (κ1) is 24.7. The van der Waals surface area contributed by atoms with Crippen molar-refractivity contribution in [1.82, 2.24) is 10.6 Å². The third-order valence-corrected chi connectivity index (χ3v) is 4.47. The van der Waals surface area contributed by atoms with Crippen LogP contribution in [-0.4, -0.2) is 36.7 Å². The number of nitrogens with one attached hydrogen (secondary N) is 3. The van der Waals surface area contributed by atoms with Crippen LogP contribution < -0.4 is 20.7 Å². The zero-order valence-corrected chi connectivity index (χ0v) is 19.2. The molecule has 0 unspecified atom stereocenters. The van der Waals surface area contributed by atoms with Crippen molar-refractivity contribution in [3.05, 3.63) is 59.2 Å². The number of para-hydroxylation sites is 1. The van der Waals surface area contributed by atoms with Gasteiger partial charge in [-0.05, 0) is 63.4 Å². The van der Waals surface area contributed by atoms with E-state index in [2.05, 4.69) is 16.0 Å². The average Bonchev–Trinajstić information content (AvgIpc) is 2.71. The van der Waals surface area contributed by atoms with Crippen LogP contribution in [0.25, 0.3) is 0 Å². The van der Waals surface area contributed by atoms with Gasteiger partial charge >= 0.3 is 6.09 Å². The summed E-state index contributed by atoms with van der Waals surface area (Å²) in [6.45, 7) is 9.01. The second-order valence-electron chi connectivity index (χ2n) is 8.32. The fraction of sp³-hybridized carbons (Fsp3) is 0.375. The van der Waals surface area contributed by atoms with Crippen molar-refractivity contribution in [3.8, 4) is 5.75 Å². The summed E-state index contributed by atoms with van der Waals surface area (Å²) in [5, 5.41) is 7.93. The first-order valence-electron chi connectivity index (χ1n) is 10.4. The molecule has 0 atom stereocenters. The minimum Gasteiger partial charge on any atom is -0.483 e. The van der Waals surface area contributed by atoms with Gasteiger partial charge in [-0.1, -0.05) is 30.3 Å². The molecule has 0 aliphatic rings. The van der Waals surface area contributed by atoms with Crippen molar-refractivity contribution in [3.63, 3.8) is 0 Å². The van der Waals surface area contributed by atoms with Gasteiger partial charge in [-0.25, -0.2) is 4.79 Å². The van der Waals surface area contributed by atoms with Crippen molar-refractivity contribution in [2.45, 2.75) is 46.8 Å². The Morgan fingerprint density at radius 3 is 2.34 bits per heavy atom. The van der Waals surface area contributed by atoms with Crippen LogP contribution >= 0.6 is 0 Å². The molecule has 2 rings (SSSR count). The Hall–Kier alpha value is -3.55. The summed E-state index contributed by atoms with van der Waals surface area (Å²) < 4.78 is 10.7. The predicted octanol–water partition coefficient (Wildman–Crippen LogP) is 3.46. The zero-order valence-electron chi connectivity index (χ0n) is 19.2. The van der Waals surface area contributed by atoms with E-state index < -0.39 is 17.6 Å². The Balaban J connectivity index is 1.84. The number of benzene rings is 2. The highest BCUT2D eigenvalue weighted by atomic mass is 16.6. The summed E-state index contributed by atoms with van der Waals surface area (Å²) in [5.74, 6) is -0.0168. The molecule has 0 aliphatic heterocycles. The number of rotatable bonds is 8. The quantitative estimate of drug-likeness (QED) is 0.582. The van der Waals surface area contributed by atoms with Gasteiger partial charge in [0.25, 0.3) is 5.91 Å². The first-order chi connectivity index (χ1) is 15.0. The predicted molar refractivity (Wildman–Crippen MR) is 123 cm³/mol. The molecule has 3 amide bonds. The molecule has 32 heavy (non-hydrogen) atoms. The maximum atomic E-state index is 12.2. The van der Waals surface area contributed by atoms with Gasteiger partial charge in [0.05, 0.1) is 0 Å². The smallest absolute Gasteiger partial charge is 0.408 e. The third kappa shape index (κ3) is 8.29. The van der Waals surface area contributed by atoms with Crippen LogP contribution in [0.2, 0.25) is 0 Å². The molecule has 0 heterocycles. The van der Waals surface area contributed by atoms with Crippen LogP contribution in [0.5, 0.6) is 5.75 Å². The van der Waals surface area contributed by atoms with Crippen LogP contribution in [0.4, 0.5) is 10.5 Å². The lowest BCUT2D eigenvalue weighted by Gasteiger charge is -2.19. The van der Waals surface area contributed by atoms with Crippen molar-refractivity contribution < 1.29 is 23.9 Å². The van der Waals surface area contributed by atoms with E-state index in [1.54, 1.807) is 39.0 Å². The molecular weight excluding hydrogens is 410 g/mol. The Bertz CT molecular complexity index is 966. The molecule has 0 aromatic heterocycles. The Labute approximate surface area is 188 Å². The molecule has 172 valence electrons. The monoisotopic (exact) mass is 441 g/mol. The highest BCUT2D eigenvalue weighted by Crippen LogP contribution is 2.20. The van der Waals surface area contributed by atoms with E-state index >= 15 is 0 Å². The molecule has 0 bridgehead atoms. The van der Waals surface area contributed by atoms with E-state index in [0.717, 1.165) is 16.7 Å². The minimum absolute atomic E-state index is 0.112. The van der Waals surface area contributed by atoms with Gasteiger partial charge in [0.15, 0.2) is 6.61 Å². The molecule has 0 saturated carbocycles.